The van der Waals surface area contributed by atoms with Gasteiger partial charge < -0.3 is 5.32 Å². The summed E-state index contributed by atoms with van der Waals surface area (Å²) in [6.45, 7) is 4.12. The maximum absolute atomic E-state index is 6.57. The molecule has 0 aliphatic heterocycles. The summed E-state index contributed by atoms with van der Waals surface area (Å²) < 4.78 is 2.97. The van der Waals surface area contributed by atoms with E-state index in [1.807, 2.05) is 42.5 Å². The molecule has 3 aromatic carbocycles. The Labute approximate surface area is 188 Å². The summed E-state index contributed by atoms with van der Waals surface area (Å²) in [5.41, 5.74) is 5.06. The van der Waals surface area contributed by atoms with E-state index in [0.717, 1.165) is 28.1 Å². The summed E-state index contributed by atoms with van der Waals surface area (Å²) in [6.07, 6.45) is 0. The van der Waals surface area contributed by atoms with Crippen LogP contribution in [0.5, 0.6) is 0 Å². The molecule has 0 aliphatic rings. The Hall–Kier alpha value is -2.45. The van der Waals surface area contributed by atoms with E-state index in [1.54, 1.807) is 4.68 Å². The lowest BCUT2D eigenvalue weighted by Crippen LogP contribution is -2.19. The van der Waals surface area contributed by atoms with Gasteiger partial charge in [0.1, 0.15) is 6.04 Å². The third kappa shape index (κ3) is 4.13. The number of para-hydroxylation sites is 1. The quantitative estimate of drug-likeness (QED) is 0.345. The number of anilines is 1. The third-order valence-corrected chi connectivity index (χ3v) is 5.84. The minimum atomic E-state index is -0.322. The van der Waals surface area contributed by atoms with Crippen molar-refractivity contribution in [2.75, 3.05) is 5.32 Å². The Morgan fingerprint density at radius 1 is 0.931 bits per heavy atom. The van der Waals surface area contributed by atoms with Gasteiger partial charge in [0.15, 0.2) is 5.82 Å². The number of benzene rings is 3. The highest BCUT2D eigenvalue weighted by atomic mass is 127. The number of nitrogens with one attached hydrogen (secondary N) is 1. The molecule has 1 atom stereocenters. The maximum atomic E-state index is 6.57. The molecule has 0 fully saturated rings. The number of halogens is 2. The summed E-state index contributed by atoms with van der Waals surface area (Å²) in [7, 11) is 0. The minimum Gasteiger partial charge on any atom is -0.371 e. The number of nitrogens with zero attached hydrogens (tertiary/aromatic N) is 4. The van der Waals surface area contributed by atoms with E-state index in [0.29, 0.717) is 10.8 Å². The van der Waals surface area contributed by atoms with E-state index in [4.69, 9.17) is 11.6 Å². The number of aromatic nitrogens is 4. The van der Waals surface area contributed by atoms with E-state index >= 15 is 0 Å². The van der Waals surface area contributed by atoms with Crippen LogP contribution >= 0.6 is 34.2 Å². The number of rotatable bonds is 5. The summed E-state index contributed by atoms with van der Waals surface area (Å²) in [5, 5.41) is 16.9. The number of aryl methyl sites for hydroxylation is 2. The molecule has 4 rings (SSSR count). The molecule has 0 saturated heterocycles. The largest absolute Gasteiger partial charge is 0.371 e. The molecular formula is C22H19ClIN5. The average Bonchev–Trinajstić information content (AvgIpc) is 3.17. The van der Waals surface area contributed by atoms with E-state index in [-0.39, 0.29) is 6.04 Å². The SMILES string of the molecule is Cc1cccc(C)c1-n1nnnc1[C@H](Nc1ccc(I)cc1)c1ccccc1Cl. The monoisotopic (exact) mass is 515 g/mol. The fraction of sp³-hybridized carbons (Fsp3) is 0.136. The third-order valence-electron chi connectivity index (χ3n) is 4.77. The molecule has 1 aromatic heterocycles. The van der Waals surface area contributed by atoms with Crippen LogP contribution in [-0.2, 0) is 0 Å². The summed E-state index contributed by atoms with van der Waals surface area (Å²) in [5.74, 6) is 0.675. The van der Waals surface area contributed by atoms with E-state index in [2.05, 4.69) is 81.5 Å². The molecule has 146 valence electrons. The average molecular weight is 516 g/mol. The first-order valence-electron chi connectivity index (χ1n) is 9.16. The van der Waals surface area contributed by atoms with E-state index < -0.39 is 0 Å². The molecule has 0 spiro atoms. The van der Waals surface area contributed by atoms with Crippen molar-refractivity contribution in [1.82, 2.24) is 20.2 Å². The standard InChI is InChI=1S/C22H19ClIN5/c1-14-6-5-7-15(2)21(14)29-22(26-27-28-29)20(18-8-3-4-9-19(18)23)25-17-12-10-16(24)11-13-17/h3-13,20,25H,1-2H3/t20-/m1/s1. The second kappa shape index (κ2) is 8.51. The van der Waals surface area contributed by atoms with Crippen molar-refractivity contribution >= 4 is 39.9 Å². The van der Waals surface area contributed by atoms with Crippen LogP contribution in [0.3, 0.4) is 0 Å². The molecule has 0 bridgehead atoms. The normalized spacial score (nSPS) is 12.0. The van der Waals surface area contributed by atoms with Crippen LogP contribution in [0.4, 0.5) is 5.69 Å². The summed E-state index contributed by atoms with van der Waals surface area (Å²) in [6, 6.07) is 21.8. The highest BCUT2D eigenvalue weighted by molar-refractivity contribution is 14.1. The van der Waals surface area contributed by atoms with Gasteiger partial charge in [-0.15, -0.1) is 5.10 Å². The summed E-state index contributed by atoms with van der Waals surface area (Å²) in [4.78, 5) is 0. The van der Waals surface area contributed by atoms with Crippen molar-refractivity contribution in [3.05, 3.63) is 97.8 Å². The first-order valence-corrected chi connectivity index (χ1v) is 10.6. The molecule has 1 heterocycles. The molecule has 0 unspecified atom stereocenters. The van der Waals surface area contributed by atoms with Crippen LogP contribution in [0.1, 0.15) is 28.6 Å². The molecule has 5 nitrogen and oxygen atoms in total. The molecule has 7 heteroatoms. The molecule has 0 amide bonds. The van der Waals surface area contributed by atoms with Crippen molar-refractivity contribution in [3.63, 3.8) is 0 Å². The zero-order valence-corrected chi connectivity index (χ0v) is 18.9. The van der Waals surface area contributed by atoms with Crippen LogP contribution in [0.25, 0.3) is 5.69 Å². The van der Waals surface area contributed by atoms with Gasteiger partial charge >= 0.3 is 0 Å². The minimum absolute atomic E-state index is 0.322. The van der Waals surface area contributed by atoms with Gasteiger partial charge in [-0.25, -0.2) is 0 Å². The fourth-order valence-electron chi connectivity index (χ4n) is 3.38. The van der Waals surface area contributed by atoms with Crippen molar-refractivity contribution in [2.45, 2.75) is 19.9 Å². The Balaban J connectivity index is 1.86. The van der Waals surface area contributed by atoms with E-state index in [1.165, 1.54) is 3.57 Å². The Morgan fingerprint density at radius 3 is 2.31 bits per heavy atom. The van der Waals surface area contributed by atoms with Crippen molar-refractivity contribution in [3.8, 4) is 5.69 Å². The first kappa shape index (κ1) is 19.8. The topological polar surface area (TPSA) is 55.6 Å². The first-order chi connectivity index (χ1) is 14.0. The molecular weight excluding hydrogens is 497 g/mol. The van der Waals surface area contributed by atoms with Gasteiger partial charge in [-0.1, -0.05) is 48.0 Å². The second-order valence-corrected chi connectivity index (χ2v) is 8.45. The molecule has 4 aromatic rings. The number of tetrazole rings is 1. The molecule has 0 saturated carbocycles. The van der Waals surface area contributed by atoms with Gasteiger partial charge in [0, 0.05) is 19.8 Å². The number of hydrogen-bond acceptors (Lipinski definition) is 4. The van der Waals surface area contributed by atoms with Crippen molar-refractivity contribution in [2.24, 2.45) is 0 Å². The second-order valence-electron chi connectivity index (χ2n) is 6.80. The molecule has 0 aliphatic carbocycles. The van der Waals surface area contributed by atoms with Gasteiger partial charge in [0.2, 0.25) is 0 Å². The van der Waals surface area contributed by atoms with Gasteiger partial charge in [-0.05, 0) is 88.3 Å². The van der Waals surface area contributed by atoms with Crippen LogP contribution in [0, 0.1) is 17.4 Å². The van der Waals surface area contributed by atoms with Crippen LogP contribution in [-0.4, -0.2) is 20.2 Å². The predicted octanol–water partition coefficient (Wildman–Crippen LogP) is 5.74. The van der Waals surface area contributed by atoms with Crippen molar-refractivity contribution in [1.29, 1.82) is 0 Å². The Kier molecular flexibility index (Phi) is 5.82. The molecule has 1 N–H and O–H groups in total. The van der Waals surface area contributed by atoms with Crippen LogP contribution in [0.15, 0.2) is 66.7 Å². The van der Waals surface area contributed by atoms with Crippen LogP contribution < -0.4 is 5.32 Å². The highest BCUT2D eigenvalue weighted by Gasteiger charge is 2.25. The lowest BCUT2D eigenvalue weighted by atomic mass is 10.0. The van der Waals surface area contributed by atoms with Gasteiger partial charge in [-0.3, -0.25) is 0 Å². The molecule has 0 radical (unpaired) electrons. The highest BCUT2D eigenvalue weighted by Crippen LogP contribution is 2.32. The zero-order valence-electron chi connectivity index (χ0n) is 16.0. The van der Waals surface area contributed by atoms with Gasteiger partial charge in [0.05, 0.1) is 5.69 Å². The van der Waals surface area contributed by atoms with Gasteiger partial charge in [-0.2, -0.15) is 4.68 Å². The Morgan fingerprint density at radius 2 is 1.62 bits per heavy atom. The maximum Gasteiger partial charge on any atom is 0.183 e. The predicted molar refractivity (Wildman–Crippen MR) is 125 cm³/mol. The Bertz CT molecular complexity index is 1120. The number of hydrogen-bond donors (Lipinski definition) is 1. The van der Waals surface area contributed by atoms with Gasteiger partial charge in [0.25, 0.3) is 0 Å². The zero-order chi connectivity index (χ0) is 20.4. The molecule has 29 heavy (non-hydrogen) atoms. The fourth-order valence-corrected chi connectivity index (χ4v) is 3.98. The lowest BCUT2D eigenvalue weighted by Gasteiger charge is -2.22. The smallest absolute Gasteiger partial charge is 0.183 e. The van der Waals surface area contributed by atoms with Crippen molar-refractivity contribution < 1.29 is 0 Å². The lowest BCUT2D eigenvalue weighted by molar-refractivity contribution is 0.731. The summed E-state index contributed by atoms with van der Waals surface area (Å²) >= 11 is 8.86. The van der Waals surface area contributed by atoms with Crippen LogP contribution in [0.2, 0.25) is 5.02 Å². The van der Waals surface area contributed by atoms with E-state index in [9.17, 15) is 0 Å².